The Hall–Kier alpha value is -1.49. The largest absolute Gasteiger partial charge is 0.363 e. The van der Waals surface area contributed by atoms with Gasteiger partial charge in [0.05, 0.1) is 5.69 Å². The van der Waals surface area contributed by atoms with E-state index in [1.54, 1.807) is 6.20 Å². The van der Waals surface area contributed by atoms with E-state index in [1.807, 2.05) is 7.05 Å². The predicted molar refractivity (Wildman–Crippen MR) is 50.6 cm³/mol. The topological polar surface area (TPSA) is 72.1 Å². The van der Waals surface area contributed by atoms with Crippen LogP contribution in [0.3, 0.4) is 0 Å². The molecule has 0 aromatic carbocycles. The van der Waals surface area contributed by atoms with Gasteiger partial charge in [0.2, 0.25) is 5.82 Å². The highest BCUT2D eigenvalue weighted by Crippen LogP contribution is 2.14. The molecule has 1 aliphatic heterocycles. The smallest absolute Gasteiger partial charge is 0.286 e. The van der Waals surface area contributed by atoms with Crippen LogP contribution in [0.4, 0.5) is 0 Å². The molecule has 5 nitrogen and oxygen atoms in total. The molecule has 74 valence electrons. The Kier molecular flexibility index (Phi) is 2.17. The summed E-state index contributed by atoms with van der Waals surface area (Å²) in [6.07, 6.45) is 2.64. The van der Waals surface area contributed by atoms with Crippen molar-refractivity contribution in [2.75, 3.05) is 13.6 Å². The van der Waals surface area contributed by atoms with Crippen LogP contribution < -0.4 is 5.73 Å². The van der Waals surface area contributed by atoms with E-state index in [2.05, 4.69) is 14.9 Å². The number of aromatic nitrogens is 2. The molecule has 0 radical (unpaired) electrons. The van der Waals surface area contributed by atoms with Gasteiger partial charge in [-0.25, -0.2) is 9.97 Å². The van der Waals surface area contributed by atoms with Gasteiger partial charge in [-0.3, -0.25) is 4.79 Å². The fourth-order valence-corrected chi connectivity index (χ4v) is 1.55. The Labute approximate surface area is 82.0 Å². The van der Waals surface area contributed by atoms with Gasteiger partial charge in [-0.05, 0) is 19.0 Å². The number of fused-ring (bicyclic) bond motifs is 1. The van der Waals surface area contributed by atoms with Crippen LogP contribution in [0.2, 0.25) is 0 Å². The van der Waals surface area contributed by atoms with Gasteiger partial charge in [-0.2, -0.15) is 0 Å². The minimum Gasteiger partial charge on any atom is -0.363 e. The summed E-state index contributed by atoms with van der Waals surface area (Å²) in [4.78, 5) is 21.1. The molecule has 0 unspecified atom stereocenters. The van der Waals surface area contributed by atoms with Crippen LogP contribution in [-0.4, -0.2) is 34.4 Å². The van der Waals surface area contributed by atoms with Gasteiger partial charge in [0, 0.05) is 19.3 Å². The molecular formula is C9H12N4O. The second kappa shape index (κ2) is 3.34. The molecule has 0 saturated carbocycles. The Morgan fingerprint density at radius 2 is 2.43 bits per heavy atom. The number of rotatable bonds is 1. The average molecular weight is 192 g/mol. The maximum atomic E-state index is 10.9. The van der Waals surface area contributed by atoms with E-state index in [0.717, 1.165) is 30.8 Å². The number of hydrogen-bond donors (Lipinski definition) is 1. The first-order valence-electron chi connectivity index (χ1n) is 4.50. The monoisotopic (exact) mass is 192 g/mol. The Morgan fingerprint density at radius 1 is 1.64 bits per heavy atom. The highest BCUT2D eigenvalue weighted by atomic mass is 16.1. The quantitative estimate of drug-likeness (QED) is 0.655. The molecule has 0 saturated heterocycles. The van der Waals surface area contributed by atoms with Crippen molar-refractivity contribution in [1.82, 2.24) is 14.9 Å². The summed E-state index contributed by atoms with van der Waals surface area (Å²) in [6.45, 7) is 1.77. The Morgan fingerprint density at radius 3 is 3.14 bits per heavy atom. The minimum absolute atomic E-state index is 0.110. The first-order chi connectivity index (χ1) is 6.66. The summed E-state index contributed by atoms with van der Waals surface area (Å²) in [5.41, 5.74) is 7.14. The summed E-state index contributed by atoms with van der Waals surface area (Å²) in [7, 11) is 2.02. The highest BCUT2D eigenvalue weighted by Gasteiger charge is 2.16. The molecule has 0 spiro atoms. The van der Waals surface area contributed by atoms with Crippen molar-refractivity contribution >= 4 is 5.91 Å². The van der Waals surface area contributed by atoms with Crippen molar-refractivity contribution in [3.05, 3.63) is 23.3 Å². The molecule has 1 aliphatic rings. The number of amides is 1. The third-order valence-electron chi connectivity index (χ3n) is 2.36. The van der Waals surface area contributed by atoms with E-state index in [0.29, 0.717) is 0 Å². The molecule has 0 aliphatic carbocycles. The first kappa shape index (κ1) is 9.08. The number of carbonyl (C=O) groups is 1. The lowest BCUT2D eigenvalue weighted by atomic mass is 10.1. The van der Waals surface area contributed by atoms with Crippen LogP contribution in [-0.2, 0) is 13.0 Å². The van der Waals surface area contributed by atoms with Crippen LogP contribution >= 0.6 is 0 Å². The third-order valence-corrected chi connectivity index (χ3v) is 2.36. The molecule has 1 aromatic heterocycles. The zero-order valence-corrected chi connectivity index (χ0v) is 8.03. The van der Waals surface area contributed by atoms with Gasteiger partial charge in [0.1, 0.15) is 0 Å². The molecule has 1 aromatic rings. The van der Waals surface area contributed by atoms with Gasteiger partial charge < -0.3 is 10.6 Å². The molecule has 5 heteroatoms. The van der Waals surface area contributed by atoms with E-state index in [9.17, 15) is 4.79 Å². The van der Waals surface area contributed by atoms with Crippen LogP contribution in [0.5, 0.6) is 0 Å². The van der Waals surface area contributed by atoms with E-state index in [4.69, 9.17) is 5.73 Å². The number of likely N-dealkylation sites (N-methyl/N-ethyl adjacent to an activating group) is 1. The Bertz CT molecular complexity index is 377. The third kappa shape index (κ3) is 1.58. The number of hydrogen-bond acceptors (Lipinski definition) is 4. The lowest BCUT2D eigenvalue weighted by Gasteiger charge is -2.23. The maximum Gasteiger partial charge on any atom is 0.286 e. The van der Waals surface area contributed by atoms with E-state index < -0.39 is 5.91 Å². The van der Waals surface area contributed by atoms with Crippen LogP contribution in [0.1, 0.15) is 21.9 Å². The van der Waals surface area contributed by atoms with Crippen molar-refractivity contribution in [1.29, 1.82) is 0 Å². The normalized spacial score (nSPS) is 16.4. The molecule has 1 amide bonds. The van der Waals surface area contributed by atoms with Gasteiger partial charge in [-0.1, -0.05) is 0 Å². The number of primary amides is 1. The standard InChI is InChI=1S/C9H12N4O/c1-13-3-2-6-4-11-9(8(10)14)12-7(6)5-13/h4H,2-3,5H2,1H3,(H2,10,14). The molecule has 2 rings (SSSR count). The predicted octanol–water partition coefficient (Wildman–Crippen LogP) is -0.437. The molecule has 0 bridgehead atoms. The van der Waals surface area contributed by atoms with E-state index >= 15 is 0 Å². The zero-order chi connectivity index (χ0) is 10.1. The van der Waals surface area contributed by atoms with E-state index in [-0.39, 0.29) is 5.82 Å². The van der Waals surface area contributed by atoms with Crippen molar-refractivity contribution in [2.45, 2.75) is 13.0 Å². The number of carbonyl (C=O) groups excluding carboxylic acids is 1. The SMILES string of the molecule is CN1CCc2cnc(C(N)=O)nc2C1. The lowest BCUT2D eigenvalue weighted by Crippen LogP contribution is -2.29. The van der Waals surface area contributed by atoms with E-state index in [1.165, 1.54) is 0 Å². The van der Waals surface area contributed by atoms with Gasteiger partial charge in [0.25, 0.3) is 5.91 Å². The lowest BCUT2D eigenvalue weighted by molar-refractivity contribution is 0.0989. The molecule has 2 N–H and O–H groups in total. The first-order valence-corrected chi connectivity index (χ1v) is 4.50. The molecule has 0 atom stereocenters. The summed E-state index contributed by atoms with van der Waals surface area (Å²) in [6, 6.07) is 0. The summed E-state index contributed by atoms with van der Waals surface area (Å²) >= 11 is 0. The molecule has 2 heterocycles. The Balaban J connectivity index is 2.37. The molecule has 0 fully saturated rings. The summed E-state index contributed by atoms with van der Waals surface area (Å²) in [5.74, 6) is -0.458. The second-order valence-electron chi connectivity index (χ2n) is 3.52. The number of nitrogens with two attached hydrogens (primary N) is 1. The van der Waals surface area contributed by atoms with Crippen molar-refractivity contribution in [3.8, 4) is 0 Å². The fraction of sp³-hybridized carbons (Fsp3) is 0.444. The molecule has 14 heavy (non-hydrogen) atoms. The minimum atomic E-state index is -0.568. The summed E-state index contributed by atoms with van der Waals surface area (Å²) < 4.78 is 0. The maximum absolute atomic E-state index is 10.9. The van der Waals surface area contributed by atoms with Crippen LogP contribution in [0.15, 0.2) is 6.20 Å². The van der Waals surface area contributed by atoms with Gasteiger partial charge in [-0.15, -0.1) is 0 Å². The zero-order valence-electron chi connectivity index (χ0n) is 8.03. The second-order valence-corrected chi connectivity index (χ2v) is 3.52. The van der Waals surface area contributed by atoms with Gasteiger partial charge in [0.15, 0.2) is 0 Å². The fourth-order valence-electron chi connectivity index (χ4n) is 1.55. The highest BCUT2D eigenvalue weighted by molar-refractivity contribution is 5.88. The van der Waals surface area contributed by atoms with Crippen molar-refractivity contribution in [3.63, 3.8) is 0 Å². The van der Waals surface area contributed by atoms with Crippen LogP contribution in [0, 0.1) is 0 Å². The van der Waals surface area contributed by atoms with Crippen molar-refractivity contribution < 1.29 is 4.79 Å². The average Bonchev–Trinajstić information content (AvgIpc) is 2.16. The number of nitrogens with zero attached hydrogens (tertiary/aromatic N) is 3. The summed E-state index contributed by atoms with van der Waals surface area (Å²) in [5, 5.41) is 0. The van der Waals surface area contributed by atoms with Gasteiger partial charge >= 0.3 is 0 Å². The van der Waals surface area contributed by atoms with Crippen LogP contribution in [0.25, 0.3) is 0 Å². The molecular weight excluding hydrogens is 180 g/mol. The van der Waals surface area contributed by atoms with Crippen molar-refractivity contribution in [2.24, 2.45) is 5.73 Å².